The van der Waals surface area contributed by atoms with Crippen molar-refractivity contribution in [2.75, 3.05) is 5.32 Å². The van der Waals surface area contributed by atoms with E-state index in [-0.39, 0.29) is 5.91 Å². The smallest absolute Gasteiger partial charge is 0.256 e. The fraction of sp³-hybridized carbons (Fsp3) is 0.0833. The Balaban J connectivity index is 1.60. The second kappa shape index (κ2) is 8.28. The molecule has 0 unspecified atom stereocenters. The minimum atomic E-state index is -0.278. The van der Waals surface area contributed by atoms with Crippen LogP contribution in [0.1, 0.15) is 21.7 Å². The second-order valence-electron chi connectivity index (χ2n) is 7.33. The van der Waals surface area contributed by atoms with E-state index < -0.39 is 0 Å². The molecule has 158 valence electrons. The first-order valence-electron chi connectivity index (χ1n) is 9.95. The molecule has 1 N–H and O–H groups in total. The molecule has 1 aromatic carbocycles. The van der Waals surface area contributed by atoms with Crippen molar-refractivity contribution in [1.82, 2.24) is 19.7 Å². The zero-order valence-corrected chi connectivity index (χ0v) is 17.9. The Labute approximate surface area is 188 Å². The number of carbonyl (C=O) groups is 1. The standard InChI is InChI=1S/C24H18ClN5O2/c1-15-6-7-17(10-21(15)25)28-24(31)19-11-22(16-4-2-8-26-12-16)29-23-20(19)13-27-30(23)14-18-5-3-9-32-18/h2-13H,14H2,1H3,(H,28,31). The lowest BCUT2D eigenvalue weighted by molar-refractivity contribution is 0.102. The molecule has 0 aliphatic carbocycles. The molecule has 0 bridgehead atoms. The lowest BCUT2D eigenvalue weighted by Crippen LogP contribution is -2.13. The van der Waals surface area contributed by atoms with Gasteiger partial charge in [0.1, 0.15) is 12.3 Å². The largest absolute Gasteiger partial charge is 0.467 e. The van der Waals surface area contributed by atoms with Gasteiger partial charge in [-0.25, -0.2) is 9.67 Å². The van der Waals surface area contributed by atoms with E-state index in [0.29, 0.717) is 39.5 Å². The minimum absolute atomic E-state index is 0.278. The van der Waals surface area contributed by atoms with Crippen LogP contribution in [0.5, 0.6) is 0 Å². The summed E-state index contributed by atoms with van der Waals surface area (Å²) in [6.45, 7) is 2.31. The molecule has 4 heterocycles. The van der Waals surface area contributed by atoms with Crippen LogP contribution < -0.4 is 5.32 Å². The van der Waals surface area contributed by atoms with Gasteiger partial charge in [-0.05, 0) is 55.0 Å². The van der Waals surface area contributed by atoms with Gasteiger partial charge in [0.2, 0.25) is 0 Å². The number of nitrogens with one attached hydrogen (secondary N) is 1. The summed E-state index contributed by atoms with van der Waals surface area (Å²) in [4.78, 5) is 22.2. The van der Waals surface area contributed by atoms with Crippen LogP contribution in [0, 0.1) is 6.92 Å². The van der Waals surface area contributed by atoms with Crippen molar-refractivity contribution in [2.45, 2.75) is 13.5 Å². The zero-order chi connectivity index (χ0) is 22.1. The third-order valence-corrected chi connectivity index (χ3v) is 5.53. The van der Waals surface area contributed by atoms with E-state index >= 15 is 0 Å². The topological polar surface area (TPSA) is 85.8 Å². The van der Waals surface area contributed by atoms with Crippen LogP contribution in [0.15, 0.2) is 77.8 Å². The molecule has 0 aliphatic heterocycles. The van der Waals surface area contributed by atoms with Crippen molar-refractivity contribution in [3.05, 3.63) is 95.3 Å². The first kappa shape index (κ1) is 20.0. The number of amides is 1. The molecular formula is C24H18ClN5O2. The van der Waals surface area contributed by atoms with Gasteiger partial charge < -0.3 is 9.73 Å². The number of halogens is 1. The molecule has 1 amide bonds. The maximum Gasteiger partial charge on any atom is 0.256 e. The fourth-order valence-corrected chi connectivity index (χ4v) is 3.61. The summed E-state index contributed by atoms with van der Waals surface area (Å²) in [6.07, 6.45) is 6.66. The Hall–Kier alpha value is -3.97. The number of aromatic nitrogens is 4. The van der Waals surface area contributed by atoms with Crippen molar-refractivity contribution >= 4 is 34.2 Å². The van der Waals surface area contributed by atoms with Gasteiger partial charge >= 0.3 is 0 Å². The number of hydrogen-bond acceptors (Lipinski definition) is 5. The number of fused-ring (bicyclic) bond motifs is 1. The highest BCUT2D eigenvalue weighted by Gasteiger charge is 2.18. The van der Waals surface area contributed by atoms with Crippen LogP contribution in [0.25, 0.3) is 22.3 Å². The summed E-state index contributed by atoms with van der Waals surface area (Å²) in [5.41, 5.74) is 4.01. The van der Waals surface area contributed by atoms with E-state index in [0.717, 1.165) is 16.9 Å². The van der Waals surface area contributed by atoms with Crippen LogP contribution in [0.3, 0.4) is 0 Å². The molecule has 0 fully saturated rings. The minimum Gasteiger partial charge on any atom is -0.467 e. The average molecular weight is 444 g/mol. The molecule has 5 aromatic rings. The fourth-order valence-electron chi connectivity index (χ4n) is 3.43. The Morgan fingerprint density at radius 1 is 1.16 bits per heavy atom. The van der Waals surface area contributed by atoms with E-state index in [1.807, 2.05) is 43.3 Å². The molecule has 0 atom stereocenters. The molecule has 0 saturated heterocycles. The summed E-state index contributed by atoms with van der Waals surface area (Å²) in [6, 6.07) is 14.6. The van der Waals surface area contributed by atoms with Crippen LogP contribution >= 0.6 is 11.6 Å². The molecular weight excluding hydrogens is 426 g/mol. The number of benzene rings is 1. The molecule has 0 spiro atoms. The third-order valence-electron chi connectivity index (χ3n) is 5.13. The molecule has 32 heavy (non-hydrogen) atoms. The van der Waals surface area contributed by atoms with Crippen molar-refractivity contribution in [2.24, 2.45) is 0 Å². The molecule has 7 nitrogen and oxygen atoms in total. The normalized spacial score (nSPS) is 11.1. The number of hydrogen-bond donors (Lipinski definition) is 1. The number of rotatable bonds is 5. The molecule has 0 aliphatic rings. The number of anilines is 1. The molecule has 8 heteroatoms. The SMILES string of the molecule is Cc1ccc(NC(=O)c2cc(-c3cccnc3)nc3c2cnn3Cc2ccco2)cc1Cl. The second-order valence-corrected chi connectivity index (χ2v) is 7.74. The molecule has 0 saturated carbocycles. The highest BCUT2D eigenvalue weighted by molar-refractivity contribution is 6.31. The average Bonchev–Trinajstić information content (AvgIpc) is 3.47. The molecule has 5 rings (SSSR count). The number of nitrogens with zero attached hydrogens (tertiary/aromatic N) is 4. The van der Waals surface area contributed by atoms with Crippen molar-refractivity contribution in [3.63, 3.8) is 0 Å². The van der Waals surface area contributed by atoms with Gasteiger partial charge in [-0.2, -0.15) is 5.10 Å². The van der Waals surface area contributed by atoms with Crippen LogP contribution in [0.2, 0.25) is 5.02 Å². The Morgan fingerprint density at radius 2 is 2.06 bits per heavy atom. The lowest BCUT2D eigenvalue weighted by Gasteiger charge is -2.10. The van der Waals surface area contributed by atoms with Gasteiger partial charge in [0.25, 0.3) is 5.91 Å². The quantitative estimate of drug-likeness (QED) is 0.395. The first-order valence-corrected chi connectivity index (χ1v) is 10.3. The maximum absolute atomic E-state index is 13.3. The van der Waals surface area contributed by atoms with E-state index in [1.165, 1.54) is 0 Å². The predicted molar refractivity (Wildman–Crippen MR) is 123 cm³/mol. The lowest BCUT2D eigenvalue weighted by atomic mass is 10.1. The monoisotopic (exact) mass is 443 g/mol. The van der Waals surface area contributed by atoms with E-state index in [1.54, 1.807) is 41.7 Å². The van der Waals surface area contributed by atoms with Crippen LogP contribution in [-0.4, -0.2) is 25.7 Å². The maximum atomic E-state index is 13.3. The van der Waals surface area contributed by atoms with E-state index in [4.69, 9.17) is 21.0 Å². The molecule has 4 aromatic heterocycles. The van der Waals surface area contributed by atoms with E-state index in [9.17, 15) is 4.79 Å². The Bertz CT molecular complexity index is 1410. The van der Waals surface area contributed by atoms with Crippen molar-refractivity contribution in [1.29, 1.82) is 0 Å². The third kappa shape index (κ3) is 3.86. The van der Waals surface area contributed by atoms with E-state index in [2.05, 4.69) is 15.4 Å². The summed E-state index contributed by atoms with van der Waals surface area (Å²) in [7, 11) is 0. The van der Waals surface area contributed by atoms with Gasteiger partial charge in [-0.1, -0.05) is 17.7 Å². The summed E-state index contributed by atoms with van der Waals surface area (Å²) in [5.74, 6) is 0.462. The van der Waals surface area contributed by atoms with Crippen molar-refractivity contribution in [3.8, 4) is 11.3 Å². The van der Waals surface area contributed by atoms with Crippen LogP contribution in [-0.2, 0) is 6.54 Å². The Morgan fingerprint density at radius 3 is 2.81 bits per heavy atom. The summed E-state index contributed by atoms with van der Waals surface area (Å²) >= 11 is 6.22. The van der Waals surface area contributed by atoms with Crippen molar-refractivity contribution < 1.29 is 9.21 Å². The Kier molecular flexibility index (Phi) is 5.17. The van der Waals surface area contributed by atoms with Gasteiger partial charge in [0.05, 0.1) is 29.1 Å². The highest BCUT2D eigenvalue weighted by Crippen LogP contribution is 2.27. The number of aryl methyl sites for hydroxylation is 1. The van der Waals surface area contributed by atoms with Gasteiger partial charge in [-0.3, -0.25) is 9.78 Å². The molecule has 0 radical (unpaired) electrons. The highest BCUT2D eigenvalue weighted by atomic mass is 35.5. The number of pyridine rings is 2. The predicted octanol–water partition coefficient (Wildman–Crippen LogP) is 5.35. The zero-order valence-electron chi connectivity index (χ0n) is 17.1. The number of carbonyl (C=O) groups excluding carboxylic acids is 1. The summed E-state index contributed by atoms with van der Waals surface area (Å²) < 4.78 is 7.17. The number of furan rings is 1. The van der Waals surface area contributed by atoms with Gasteiger partial charge in [-0.15, -0.1) is 0 Å². The van der Waals surface area contributed by atoms with Crippen LogP contribution in [0.4, 0.5) is 5.69 Å². The first-order chi connectivity index (χ1) is 15.6. The van der Waals surface area contributed by atoms with Gasteiger partial charge in [0, 0.05) is 28.7 Å². The van der Waals surface area contributed by atoms with Gasteiger partial charge in [0.15, 0.2) is 5.65 Å². The summed E-state index contributed by atoms with van der Waals surface area (Å²) in [5, 5.41) is 8.61.